The molecule has 1 atom stereocenters. The lowest BCUT2D eigenvalue weighted by Crippen LogP contribution is -2.47. The average Bonchev–Trinajstić information content (AvgIpc) is 3.64. The van der Waals surface area contributed by atoms with Gasteiger partial charge in [0.15, 0.2) is 17.0 Å². The molecule has 0 bridgehead atoms. The van der Waals surface area contributed by atoms with Crippen LogP contribution in [0.2, 0.25) is 0 Å². The second kappa shape index (κ2) is 18.4. The number of amides is 1. The molecule has 6 rings (SSSR count). The van der Waals surface area contributed by atoms with Gasteiger partial charge in [-0.3, -0.25) is 4.79 Å². The molecule has 0 radical (unpaired) electrons. The fourth-order valence-electron chi connectivity index (χ4n) is 5.71. The van der Waals surface area contributed by atoms with E-state index < -0.39 is 5.54 Å². The molecule has 1 amide bonds. The van der Waals surface area contributed by atoms with Crippen LogP contribution in [0.25, 0.3) is 6.08 Å². The zero-order valence-corrected chi connectivity index (χ0v) is 29.2. The lowest BCUT2D eigenvalue weighted by atomic mass is 9.95. The molecule has 0 saturated carbocycles. The molecule has 52 heavy (non-hydrogen) atoms. The van der Waals surface area contributed by atoms with Crippen LogP contribution in [0.1, 0.15) is 40.7 Å². The molecule has 0 aromatic heterocycles. The van der Waals surface area contributed by atoms with Crippen LogP contribution >= 0.6 is 0 Å². The largest absolute Gasteiger partial charge is 0.494 e. The van der Waals surface area contributed by atoms with E-state index >= 15 is 0 Å². The molecule has 2 N–H and O–H groups in total. The fraction of sp³-hybridized carbons (Fsp3) is 0.227. The van der Waals surface area contributed by atoms with Crippen molar-refractivity contribution in [3.8, 4) is 17.2 Å². The number of aliphatic imine (C=N–C) groups is 1. The van der Waals surface area contributed by atoms with E-state index in [2.05, 4.69) is 5.32 Å². The summed E-state index contributed by atoms with van der Waals surface area (Å²) in [5.74, 6) is 2.21. The minimum Gasteiger partial charge on any atom is -0.494 e. The first-order chi connectivity index (χ1) is 25.6. The van der Waals surface area contributed by atoms with Crippen molar-refractivity contribution in [3.05, 3.63) is 167 Å². The maximum absolute atomic E-state index is 14.0. The minimum absolute atomic E-state index is 0.0756. The van der Waals surface area contributed by atoms with Crippen LogP contribution in [-0.4, -0.2) is 48.8 Å². The molecule has 0 saturated heterocycles. The summed E-state index contributed by atoms with van der Waals surface area (Å²) in [6, 6.07) is 43.3. The van der Waals surface area contributed by atoms with Crippen molar-refractivity contribution in [3.63, 3.8) is 0 Å². The van der Waals surface area contributed by atoms with Crippen molar-refractivity contribution >= 4 is 17.9 Å². The van der Waals surface area contributed by atoms with E-state index in [0.717, 1.165) is 27.8 Å². The molecule has 0 aliphatic carbocycles. The summed E-state index contributed by atoms with van der Waals surface area (Å²) in [4.78, 5) is 18.9. The zero-order chi connectivity index (χ0) is 35.9. The summed E-state index contributed by atoms with van der Waals surface area (Å²) in [6.45, 7) is 1.85. The number of benzene rings is 5. The number of nitrogens with zero attached hydrogens (tertiary/aromatic N) is 1. The molecule has 266 valence electrons. The predicted octanol–water partition coefficient (Wildman–Crippen LogP) is 7.58. The van der Waals surface area contributed by atoms with Crippen molar-refractivity contribution in [1.29, 1.82) is 0 Å². The Labute approximate surface area is 305 Å². The highest BCUT2D eigenvalue weighted by molar-refractivity contribution is 6.00. The Hall–Kier alpha value is -5.86. The van der Waals surface area contributed by atoms with Gasteiger partial charge in [0.05, 0.1) is 6.61 Å². The highest BCUT2D eigenvalue weighted by atomic mass is 16.5. The Balaban J connectivity index is 1.14. The summed E-state index contributed by atoms with van der Waals surface area (Å²) in [5.41, 5.74) is 3.80. The molecule has 0 spiro atoms. The van der Waals surface area contributed by atoms with Crippen molar-refractivity contribution < 1.29 is 28.8 Å². The van der Waals surface area contributed by atoms with Gasteiger partial charge in [0.2, 0.25) is 5.90 Å². The molecule has 1 aliphatic rings. The quantitative estimate of drug-likeness (QED) is 0.0917. The monoisotopic (exact) mass is 696 g/mol. The number of carbonyl (C=O) groups excluding carboxylic acids is 1. The highest BCUT2D eigenvalue weighted by Gasteiger charge is 2.43. The van der Waals surface area contributed by atoms with Gasteiger partial charge in [0.25, 0.3) is 5.91 Å². The van der Waals surface area contributed by atoms with Crippen LogP contribution in [0.5, 0.6) is 17.2 Å². The second-order valence-corrected chi connectivity index (χ2v) is 12.5. The number of hydrogen-bond acceptors (Lipinski definition) is 7. The van der Waals surface area contributed by atoms with E-state index in [4.69, 9.17) is 29.0 Å². The SMILES string of the molecule is O=C(NCCc1ccc(OCc2ccccc2)c(OCc2ccccc2)c1)[C@@]1(C/C=C/c2ccccc2)COC(c2ccc(OCCCO)cc2)=N1. The van der Waals surface area contributed by atoms with Gasteiger partial charge in [-0.25, -0.2) is 4.99 Å². The minimum atomic E-state index is -1.13. The van der Waals surface area contributed by atoms with Crippen LogP contribution in [0.4, 0.5) is 0 Å². The standard InChI is InChI=1S/C44H44N2O6/c47-28-11-29-49-39-22-20-38(21-23-39)42-46-44(33-52-42,26-10-18-34-12-4-1-5-13-34)43(48)45-27-25-35-19-24-40(50-31-36-14-6-2-7-15-36)41(30-35)51-32-37-16-8-3-9-17-37/h1-10,12-24,30,47H,11,25-29,31-33H2,(H,45,48)/b18-10+/t44-/m1/s1. The summed E-state index contributed by atoms with van der Waals surface area (Å²) >= 11 is 0. The number of carbonyl (C=O) groups is 1. The summed E-state index contributed by atoms with van der Waals surface area (Å²) < 4.78 is 24.2. The first-order valence-electron chi connectivity index (χ1n) is 17.6. The normalized spacial score (nSPS) is 15.1. The molecule has 5 aromatic carbocycles. The highest BCUT2D eigenvalue weighted by Crippen LogP contribution is 2.31. The number of aliphatic hydroxyl groups is 1. The molecular weight excluding hydrogens is 652 g/mol. The van der Waals surface area contributed by atoms with Crippen molar-refractivity contribution in [2.75, 3.05) is 26.4 Å². The smallest absolute Gasteiger partial charge is 0.251 e. The van der Waals surface area contributed by atoms with Gasteiger partial charge in [-0.2, -0.15) is 0 Å². The van der Waals surface area contributed by atoms with E-state index in [1.807, 2.05) is 146 Å². The Morgan fingerprint density at radius 1 is 0.769 bits per heavy atom. The molecule has 8 heteroatoms. The molecule has 5 aromatic rings. The Bertz CT molecular complexity index is 1910. The summed E-state index contributed by atoms with van der Waals surface area (Å²) in [5, 5.41) is 12.2. The second-order valence-electron chi connectivity index (χ2n) is 12.5. The van der Waals surface area contributed by atoms with Gasteiger partial charge in [-0.05, 0) is 65.1 Å². The van der Waals surface area contributed by atoms with Gasteiger partial charge in [0, 0.05) is 31.6 Å². The third-order valence-corrected chi connectivity index (χ3v) is 8.61. The average molecular weight is 697 g/mol. The van der Waals surface area contributed by atoms with Gasteiger partial charge < -0.3 is 29.4 Å². The maximum atomic E-state index is 14.0. The molecule has 1 heterocycles. The number of nitrogens with one attached hydrogen (secondary N) is 1. The van der Waals surface area contributed by atoms with E-state index in [-0.39, 0.29) is 19.1 Å². The van der Waals surface area contributed by atoms with Crippen molar-refractivity contribution in [2.45, 2.75) is 38.0 Å². The van der Waals surface area contributed by atoms with Crippen LogP contribution < -0.4 is 19.5 Å². The first kappa shape index (κ1) is 35.9. The predicted molar refractivity (Wildman–Crippen MR) is 204 cm³/mol. The third-order valence-electron chi connectivity index (χ3n) is 8.61. The number of ether oxygens (including phenoxy) is 4. The molecule has 0 fully saturated rings. The van der Waals surface area contributed by atoms with Crippen LogP contribution in [0, 0.1) is 0 Å². The zero-order valence-electron chi connectivity index (χ0n) is 29.2. The Morgan fingerprint density at radius 2 is 1.42 bits per heavy atom. The first-order valence-corrected chi connectivity index (χ1v) is 17.6. The van der Waals surface area contributed by atoms with Crippen molar-refractivity contribution in [2.24, 2.45) is 4.99 Å². The Kier molecular flexibility index (Phi) is 12.7. The molecule has 8 nitrogen and oxygen atoms in total. The van der Waals surface area contributed by atoms with Gasteiger partial charge in [-0.1, -0.05) is 109 Å². The number of rotatable bonds is 18. The van der Waals surface area contributed by atoms with Gasteiger partial charge in [-0.15, -0.1) is 0 Å². The van der Waals surface area contributed by atoms with Crippen LogP contribution in [0.3, 0.4) is 0 Å². The number of aliphatic hydroxyl groups excluding tert-OH is 1. The summed E-state index contributed by atoms with van der Waals surface area (Å²) in [7, 11) is 0. The van der Waals surface area contributed by atoms with E-state index in [1.165, 1.54) is 0 Å². The lowest BCUT2D eigenvalue weighted by molar-refractivity contribution is -0.126. The topological polar surface area (TPSA) is 98.6 Å². The molecule has 0 unspecified atom stereocenters. The third kappa shape index (κ3) is 10.1. The van der Waals surface area contributed by atoms with E-state index in [0.29, 0.717) is 68.8 Å². The van der Waals surface area contributed by atoms with Crippen LogP contribution in [0.15, 0.2) is 145 Å². The molecule has 1 aliphatic heterocycles. The lowest BCUT2D eigenvalue weighted by Gasteiger charge is -2.22. The Morgan fingerprint density at radius 3 is 2.10 bits per heavy atom. The number of hydrogen-bond donors (Lipinski definition) is 2. The van der Waals surface area contributed by atoms with Gasteiger partial charge in [0.1, 0.15) is 25.6 Å². The fourth-order valence-corrected chi connectivity index (χ4v) is 5.71. The van der Waals surface area contributed by atoms with Crippen LogP contribution in [-0.2, 0) is 29.2 Å². The summed E-state index contributed by atoms with van der Waals surface area (Å²) in [6.07, 6.45) is 5.48. The molecular formula is C44H44N2O6. The van der Waals surface area contributed by atoms with Gasteiger partial charge >= 0.3 is 0 Å². The maximum Gasteiger partial charge on any atom is 0.251 e. The van der Waals surface area contributed by atoms with E-state index in [1.54, 1.807) is 0 Å². The van der Waals surface area contributed by atoms with E-state index in [9.17, 15) is 4.79 Å². The van der Waals surface area contributed by atoms with Crippen molar-refractivity contribution in [1.82, 2.24) is 5.32 Å².